The topological polar surface area (TPSA) is 75.4 Å². The van der Waals surface area contributed by atoms with E-state index >= 15 is 0 Å². The van der Waals surface area contributed by atoms with Crippen molar-refractivity contribution in [2.24, 2.45) is 5.73 Å². The van der Waals surface area contributed by atoms with Crippen LogP contribution in [0.15, 0.2) is 35.4 Å². The van der Waals surface area contributed by atoms with Gasteiger partial charge in [-0.3, -0.25) is 4.79 Å². The number of aryl methyl sites for hydroxylation is 1. The number of ketones is 1. The molecule has 0 amide bonds. The van der Waals surface area contributed by atoms with Crippen LogP contribution in [0, 0.1) is 6.92 Å². The molecule has 1 aliphatic heterocycles. The lowest BCUT2D eigenvalue weighted by Crippen LogP contribution is -2.44. The summed E-state index contributed by atoms with van der Waals surface area (Å²) in [6.07, 6.45) is 0. The highest BCUT2D eigenvalue weighted by atomic mass is 35.5. The highest BCUT2D eigenvalue weighted by Crippen LogP contribution is 2.30. The Labute approximate surface area is 191 Å². The molecule has 0 atom stereocenters. The van der Waals surface area contributed by atoms with Crippen molar-refractivity contribution >= 4 is 57.9 Å². The molecule has 9 heteroatoms. The Bertz CT molecular complexity index is 1030. The molecule has 1 saturated heterocycles. The first-order valence-corrected chi connectivity index (χ1v) is 11.5. The Hall–Kier alpha value is -1.71. The number of Topliss-reactive ketones (excluding diaryl/α,β-unsaturated/α-hetero) is 1. The SMILES string of the molecule is Cc1nc(SCC(=O)c2ccc(CN)s2)c2cc(N3CCN(C)CC3)ccc2n1.Cl. The van der Waals surface area contributed by atoms with Gasteiger partial charge in [0.05, 0.1) is 16.1 Å². The number of anilines is 1. The van der Waals surface area contributed by atoms with Crippen LogP contribution in [-0.2, 0) is 6.54 Å². The molecule has 0 unspecified atom stereocenters. The fourth-order valence-electron chi connectivity index (χ4n) is 3.41. The van der Waals surface area contributed by atoms with E-state index in [1.54, 1.807) is 0 Å². The third-order valence-electron chi connectivity index (χ3n) is 5.10. The number of halogens is 1. The van der Waals surface area contributed by atoms with Gasteiger partial charge in [0.25, 0.3) is 0 Å². The van der Waals surface area contributed by atoms with E-state index in [1.165, 1.54) is 28.8 Å². The predicted octanol–water partition coefficient (Wildman–Crippen LogP) is 3.61. The van der Waals surface area contributed by atoms with Gasteiger partial charge in [0.15, 0.2) is 5.78 Å². The number of nitrogens with two attached hydrogens (primary N) is 1. The maximum atomic E-state index is 12.6. The quantitative estimate of drug-likeness (QED) is 0.340. The zero-order valence-corrected chi connectivity index (χ0v) is 19.6. The van der Waals surface area contributed by atoms with Gasteiger partial charge in [-0.25, -0.2) is 9.97 Å². The Morgan fingerprint density at radius 1 is 1.17 bits per heavy atom. The van der Waals surface area contributed by atoms with E-state index in [-0.39, 0.29) is 18.2 Å². The molecule has 2 N–H and O–H groups in total. The summed E-state index contributed by atoms with van der Waals surface area (Å²) < 4.78 is 0. The number of thioether (sulfide) groups is 1. The smallest absolute Gasteiger partial charge is 0.183 e. The van der Waals surface area contributed by atoms with Gasteiger partial charge in [-0.15, -0.1) is 23.7 Å². The minimum atomic E-state index is 0. The third-order valence-corrected chi connectivity index (χ3v) is 7.24. The van der Waals surface area contributed by atoms with Crippen LogP contribution >= 0.6 is 35.5 Å². The fraction of sp³-hybridized carbons (Fsp3) is 0.381. The molecule has 6 nitrogen and oxygen atoms in total. The molecule has 3 heterocycles. The van der Waals surface area contributed by atoms with Crippen molar-refractivity contribution < 1.29 is 4.79 Å². The van der Waals surface area contributed by atoms with Crippen LogP contribution in [0.3, 0.4) is 0 Å². The second-order valence-electron chi connectivity index (χ2n) is 7.25. The molecule has 0 saturated carbocycles. The molecule has 0 bridgehead atoms. The number of hydrogen-bond donors (Lipinski definition) is 1. The summed E-state index contributed by atoms with van der Waals surface area (Å²) in [5.41, 5.74) is 7.78. The number of fused-ring (bicyclic) bond motifs is 1. The molecule has 0 radical (unpaired) electrons. The average molecular weight is 464 g/mol. The lowest BCUT2D eigenvalue weighted by atomic mass is 10.2. The number of hydrogen-bond acceptors (Lipinski definition) is 8. The van der Waals surface area contributed by atoms with Gasteiger partial charge in [-0.05, 0) is 44.3 Å². The van der Waals surface area contributed by atoms with Crippen LogP contribution in [0.25, 0.3) is 10.9 Å². The first-order valence-electron chi connectivity index (χ1n) is 9.70. The predicted molar refractivity (Wildman–Crippen MR) is 128 cm³/mol. The number of nitrogens with zero attached hydrogens (tertiary/aromatic N) is 4. The van der Waals surface area contributed by atoms with E-state index in [0.717, 1.165) is 57.7 Å². The molecular formula is C21H26ClN5OS2. The van der Waals surface area contributed by atoms with Crippen molar-refractivity contribution in [3.8, 4) is 0 Å². The Morgan fingerprint density at radius 3 is 2.63 bits per heavy atom. The standard InChI is InChI=1S/C21H25N5OS2.ClH/c1-14-23-18-5-3-15(26-9-7-25(2)8-10-26)11-17(18)21(24-14)28-13-19(27)20-6-4-16(12-22)29-20;/h3-6,11H,7-10,12-13,22H2,1-2H3;1H. The van der Waals surface area contributed by atoms with Crippen molar-refractivity contribution in [2.45, 2.75) is 18.5 Å². The second kappa shape index (κ2) is 10.1. The number of piperazine rings is 1. The number of rotatable bonds is 6. The summed E-state index contributed by atoms with van der Waals surface area (Å²) >= 11 is 2.96. The Morgan fingerprint density at radius 2 is 1.93 bits per heavy atom. The van der Waals surface area contributed by atoms with Crippen LogP contribution in [0.5, 0.6) is 0 Å². The normalized spacial score (nSPS) is 14.7. The highest BCUT2D eigenvalue weighted by molar-refractivity contribution is 8.00. The Kier molecular flexibility index (Phi) is 7.70. The molecule has 0 aliphatic carbocycles. The van der Waals surface area contributed by atoms with Gasteiger partial charge in [-0.2, -0.15) is 0 Å². The number of benzene rings is 1. The van der Waals surface area contributed by atoms with Crippen LogP contribution in [0.1, 0.15) is 20.4 Å². The lowest BCUT2D eigenvalue weighted by Gasteiger charge is -2.34. The number of thiophene rings is 1. The molecular weight excluding hydrogens is 438 g/mol. The zero-order valence-electron chi connectivity index (χ0n) is 17.1. The number of carbonyl (C=O) groups is 1. The van der Waals surface area contributed by atoms with Gasteiger partial charge in [0.1, 0.15) is 10.9 Å². The van der Waals surface area contributed by atoms with E-state index in [9.17, 15) is 4.79 Å². The number of carbonyl (C=O) groups excluding carboxylic acids is 1. The number of aromatic nitrogens is 2. The summed E-state index contributed by atoms with van der Waals surface area (Å²) in [5, 5.41) is 1.88. The van der Waals surface area contributed by atoms with E-state index in [4.69, 9.17) is 5.73 Å². The van der Waals surface area contributed by atoms with Gasteiger partial charge in [-0.1, -0.05) is 11.8 Å². The van der Waals surface area contributed by atoms with Crippen molar-refractivity contribution in [1.29, 1.82) is 0 Å². The van der Waals surface area contributed by atoms with E-state index in [0.29, 0.717) is 12.3 Å². The maximum absolute atomic E-state index is 12.6. The van der Waals surface area contributed by atoms with Crippen molar-refractivity contribution in [2.75, 3.05) is 43.9 Å². The molecule has 160 valence electrons. The van der Waals surface area contributed by atoms with Crippen molar-refractivity contribution in [1.82, 2.24) is 14.9 Å². The Balaban J connectivity index is 0.00000256. The summed E-state index contributed by atoms with van der Waals surface area (Å²) in [6, 6.07) is 10.2. The first-order chi connectivity index (χ1) is 14.0. The number of likely N-dealkylation sites (N-methyl/N-ethyl adjacent to an activating group) is 1. The lowest BCUT2D eigenvalue weighted by molar-refractivity contribution is 0.102. The summed E-state index contributed by atoms with van der Waals surface area (Å²) in [4.78, 5) is 28.4. The van der Waals surface area contributed by atoms with Gasteiger partial charge < -0.3 is 15.5 Å². The molecule has 3 aromatic rings. The largest absolute Gasteiger partial charge is 0.369 e. The molecule has 1 fully saturated rings. The first kappa shape index (κ1) is 23.0. The van der Waals surface area contributed by atoms with Gasteiger partial charge in [0.2, 0.25) is 0 Å². The van der Waals surface area contributed by atoms with Crippen LogP contribution in [0.4, 0.5) is 5.69 Å². The van der Waals surface area contributed by atoms with Gasteiger partial charge >= 0.3 is 0 Å². The summed E-state index contributed by atoms with van der Waals surface area (Å²) in [5.74, 6) is 1.19. The third kappa shape index (κ3) is 5.12. The van der Waals surface area contributed by atoms with Gasteiger partial charge in [0, 0.05) is 48.7 Å². The zero-order chi connectivity index (χ0) is 20.4. The maximum Gasteiger partial charge on any atom is 0.183 e. The fourth-order valence-corrected chi connectivity index (χ4v) is 5.27. The van der Waals surface area contributed by atoms with Crippen LogP contribution < -0.4 is 10.6 Å². The molecule has 1 aromatic carbocycles. The van der Waals surface area contributed by atoms with Crippen molar-refractivity contribution in [3.63, 3.8) is 0 Å². The van der Waals surface area contributed by atoms with Crippen LogP contribution in [-0.4, -0.2) is 59.6 Å². The molecule has 0 spiro atoms. The molecule has 4 rings (SSSR count). The van der Waals surface area contributed by atoms with Crippen LogP contribution in [0.2, 0.25) is 0 Å². The average Bonchev–Trinajstić information content (AvgIpc) is 3.21. The van der Waals surface area contributed by atoms with E-state index < -0.39 is 0 Å². The molecule has 1 aliphatic rings. The minimum Gasteiger partial charge on any atom is -0.369 e. The molecule has 30 heavy (non-hydrogen) atoms. The minimum absolute atomic E-state index is 0. The molecule has 2 aromatic heterocycles. The van der Waals surface area contributed by atoms with E-state index in [2.05, 4.69) is 45.0 Å². The monoisotopic (exact) mass is 463 g/mol. The van der Waals surface area contributed by atoms with Crippen molar-refractivity contribution in [3.05, 3.63) is 45.9 Å². The van der Waals surface area contributed by atoms with E-state index in [1.807, 2.05) is 19.1 Å². The summed E-state index contributed by atoms with van der Waals surface area (Å²) in [7, 11) is 2.16. The highest BCUT2D eigenvalue weighted by Gasteiger charge is 2.17. The summed E-state index contributed by atoms with van der Waals surface area (Å²) in [6.45, 7) is 6.51. The second-order valence-corrected chi connectivity index (χ2v) is 9.38.